The Morgan fingerprint density at radius 3 is 1.81 bits per heavy atom. The zero-order valence-corrected chi connectivity index (χ0v) is 48.3. The highest BCUT2D eigenvalue weighted by molar-refractivity contribution is 5.27. The average Bonchev–Trinajstić information content (AvgIpc) is 1.59. The van der Waals surface area contributed by atoms with Crippen molar-refractivity contribution >= 4 is 0 Å². The highest BCUT2D eigenvalue weighted by Gasteiger charge is 2.81. The van der Waals surface area contributed by atoms with Gasteiger partial charge in [-0.1, -0.05) is 39.3 Å². The Hall–Kier alpha value is -1.30. The van der Waals surface area contributed by atoms with E-state index in [-0.39, 0.29) is 40.1 Å². The molecule has 7 aliphatic heterocycles. The van der Waals surface area contributed by atoms with Crippen molar-refractivity contribution in [2.24, 2.45) is 45.3 Å². The van der Waals surface area contributed by atoms with E-state index in [0.29, 0.717) is 25.4 Å². The van der Waals surface area contributed by atoms with Gasteiger partial charge in [-0.05, 0) is 93.3 Å². The normalized spacial score (nSPS) is 56.7. The van der Waals surface area contributed by atoms with Crippen molar-refractivity contribution in [3.63, 3.8) is 0 Å². The fourth-order valence-corrected chi connectivity index (χ4v) is 18.1. The molecule has 11 aliphatic rings. The predicted molar refractivity (Wildman–Crippen MR) is 278 cm³/mol. The minimum Gasteiger partial charge on any atom is -0.394 e. The summed E-state index contributed by atoms with van der Waals surface area (Å²) in [4.78, 5) is 0. The second kappa shape index (κ2) is 23.2. The molecule has 4 saturated carbocycles. The van der Waals surface area contributed by atoms with Crippen LogP contribution >= 0.6 is 0 Å². The first kappa shape index (κ1) is 63.3. The Balaban J connectivity index is 0.815. The number of aliphatic hydroxyl groups excluding tert-OH is 13. The third kappa shape index (κ3) is 10.5. The van der Waals surface area contributed by atoms with Crippen LogP contribution in [-0.4, -0.2) is 270 Å². The van der Waals surface area contributed by atoms with Crippen molar-refractivity contribution in [3.8, 4) is 0 Å². The predicted octanol–water partition coefficient (Wildman–Crippen LogP) is -3.11. The van der Waals surface area contributed by atoms with Crippen molar-refractivity contribution in [2.45, 2.75) is 259 Å². The molecule has 33 atom stereocenters. The number of rotatable bonds is 13. The first-order valence-corrected chi connectivity index (χ1v) is 29.9. The second-order valence-electron chi connectivity index (χ2n) is 27.7. The first-order chi connectivity index (χ1) is 39.0. The van der Waals surface area contributed by atoms with Crippen molar-refractivity contribution in [1.82, 2.24) is 0 Å². The Kier molecular flexibility index (Phi) is 17.7. The lowest BCUT2D eigenvalue weighted by atomic mass is 9.35. The van der Waals surface area contributed by atoms with Crippen LogP contribution in [0.15, 0.2) is 11.6 Å². The Bertz CT molecular complexity index is 2290. The second-order valence-corrected chi connectivity index (χ2v) is 27.7. The zero-order valence-electron chi connectivity index (χ0n) is 48.3. The molecule has 33 unspecified atom stereocenters. The van der Waals surface area contributed by atoms with Gasteiger partial charge in [-0.2, -0.15) is 0 Å². The molecule has 476 valence electrons. The molecule has 7 saturated heterocycles. The fraction of sp³-hybridized carbons (Fsp3) is 0.965. The van der Waals surface area contributed by atoms with Gasteiger partial charge >= 0.3 is 0 Å². The molecule has 2 bridgehead atoms. The molecular weight excluding hydrogens is 1100 g/mol. The molecule has 7 heterocycles. The van der Waals surface area contributed by atoms with E-state index in [1.807, 2.05) is 20.8 Å². The van der Waals surface area contributed by atoms with E-state index in [0.717, 1.165) is 44.1 Å². The summed E-state index contributed by atoms with van der Waals surface area (Å²) in [5, 5.41) is 153. The zero-order chi connectivity index (χ0) is 59.8. The quantitative estimate of drug-likeness (QED) is 0.0641. The minimum absolute atomic E-state index is 0.135. The topological polar surface area (TPSA) is 394 Å². The standard InChI is InChI=1S/C57H92O26/c1-23(2)14-24-15-55(7,71)46-25-8-9-32-53(5)12-11-33(52(3,4)31(53)10-13-54(32,6)56(25)21-57(46,83-24)76-22-56)79-51-45(82-48-41(69)35(63)27(60)18-73-48)43(28(61)19-74-51)80-49-42(70)38(66)37(65)30(78-49)20-75-50-44(39(67)36(64)29(16-58)77-50)81-47-40(68)34(62)26(59)17-72-47/h14,24-51,58-71H,8-13,15-22H2,1-7H3. The van der Waals surface area contributed by atoms with Crippen LogP contribution in [0.1, 0.15) is 99.8 Å². The summed E-state index contributed by atoms with van der Waals surface area (Å²) in [6.07, 6.45) is -29.8. The molecule has 0 aromatic heterocycles. The van der Waals surface area contributed by atoms with Gasteiger partial charge in [0.25, 0.3) is 0 Å². The van der Waals surface area contributed by atoms with E-state index in [2.05, 4.69) is 33.8 Å². The van der Waals surface area contributed by atoms with Gasteiger partial charge in [-0.15, -0.1) is 0 Å². The smallest absolute Gasteiger partial charge is 0.187 e. The van der Waals surface area contributed by atoms with Crippen LogP contribution in [0.25, 0.3) is 0 Å². The lowest BCUT2D eigenvalue weighted by Gasteiger charge is -2.70. The Morgan fingerprint density at radius 1 is 0.566 bits per heavy atom. The highest BCUT2D eigenvalue weighted by Crippen LogP contribution is 2.80. The number of allylic oxidation sites excluding steroid dienone is 1. The van der Waals surface area contributed by atoms with Gasteiger partial charge in [-0.3, -0.25) is 0 Å². The number of fused-ring (bicyclic) bond motifs is 4. The van der Waals surface area contributed by atoms with Gasteiger partial charge in [0.15, 0.2) is 37.2 Å². The van der Waals surface area contributed by atoms with E-state index >= 15 is 0 Å². The molecule has 14 N–H and O–H groups in total. The lowest BCUT2D eigenvalue weighted by Crippen LogP contribution is -2.68. The molecular formula is C57H92O26. The fourth-order valence-electron chi connectivity index (χ4n) is 18.1. The maximum Gasteiger partial charge on any atom is 0.187 e. The van der Waals surface area contributed by atoms with E-state index < -0.39 is 191 Å². The molecule has 26 nitrogen and oxygen atoms in total. The van der Waals surface area contributed by atoms with E-state index in [4.69, 9.17) is 56.8 Å². The molecule has 0 aromatic rings. The molecule has 26 heteroatoms. The van der Waals surface area contributed by atoms with Gasteiger partial charge in [0, 0.05) is 24.2 Å². The van der Waals surface area contributed by atoms with Crippen molar-refractivity contribution in [2.75, 3.05) is 39.6 Å². The van der Waals surface area contributed by atoms with Crippen LogP contribution in [0.2, 0.25) is 0 Å². The van der Waals surface area contributed by atoms with Crippen LogP contribution < -0.4 is 0 Å². The van der Waals surface area contributed by atoms with Gasteiger partial charge in [-0.25, -0.2) is 0 Å². The van der Waals surface area contributed by atoms with Gasteiger partial charge in [0.2, 0.25) is 0 Å². The summed E-state index contributed by atoms with van der Waals surface area (Å²) in [6.45, 7) is 13.0. The summed E-state index contributed by atoms with van der Waals surface area (Å²) in [5.74, 6) is -0.356. The molecule has 2 spiro atoms. The van der Waals surface area contributed by atoms with Crippen LogP contribution in [0.5, 0.6) is 0 Å². The van der Waals surface area contributed by atoms with Crippen LogP contribution in [0.3, 0.4) is 0 Å². The van der Waals surface area contributed by atoms with Gasteiger partial charge in [0.05, 0.1) is 57.5 Å². The Morgan fingerprint density at radius 2 is 1.16 bits per heavy atom. The lowest BCUT2D eigenvalue weighted by molar-refractivity contribution is -0.388. The van der Waals surface area contributed by atoms with E-state index in [1.165, 1.54) is 0 Å². The van der Waals surface area contributed by atoms with Crippen LogP contribution in [0.4, 0.5) is 0 Å². The first-order valence-electron chi connectivity index (χ1n) is 29.9. The van der Waals surface area contributed by atoms with Crippen LogP contribution in [-0.2, 0) is 56.8 Å². The summed E-state index contributed by atoms with van der Waals surface area (Å²) < 4.78 is 74.4. The largest absolute Gasteiger partial charge is 0.394 e. The molecule has 0 aromatic carbocycles. The maximum atomic E-state index is 12.3. The number of hydrogen-bond donors (Lipinski definition) is 14. The molecule has 11 fully saturated rings. The number of aliphatic hydroxyl groups is 14. The third-order valence-electron chi connectivity index (χ3n) is 22.2. The summed E-state index contributed by atoms with van der Waals surface area (Å²) in [6, 6.07) is 0. The molecule has 4 aliphatic carbocycles. The monoisotopic (exact) mass is 1190 g/mol. The average molecular weight is 1190 g/mol. The summed E-state index contributed by atoms with van der Waals surface area (Å²) in [5.41, 5.74) is -0.869. The van der Waals surface area contributed by atoms with Crippen molar-refractivity contribution in [3.05, 3.63) is 11.6 Å². The maximum absolute atomic E-state index is 12.3. The van der Waals surface area contributed by atoms with E-state index in [1.54, 1.807) is 0 Å². The van der Waals surface area contributed by atoms with Gasteiger partial charge < -0.3 is 128 Å². The number of hydrogen-bond acceptors (Lipinski definition) is 26. The SMILES string of the molecule is CC(C)=CC1CC(C)(O)C2C3CCC4C5(C)CCC(OC6OCC(O)C(OC7OC(COC8OC(CO)C(O)C(O)C8OC8OCC(O)C(O)C8O)C(O)C(O)C7O)C6OC6OCC(O)C(O)C6O)C(C)(C)C5CCC4(C)C34COC2(C4)O1. The van der Waals surface area contributed by atoms with Crippen molar-refractivity contribution < 1.29 is 128 Å². The molecule has 0 amide bonds. The molecule has 0 radical (unpaired) electrons. The summed E-state index contributed by atoms with van der Waals surface area (Å²) >= 11 is 0. The summed E-state index contributed by atoms with van der Waals surface area (Å²) in [7, 11) is 0. The minimum atomic E-state index is -2.01. The Labute approximate surface area is 482 Å². The molecule has 83 heavy (non-hydrogen) atoms. The van der Waals surface area contributed by atoms with Crippen LogP contribution in [0, 0.1) is 45.3 Å². The highest BCUT2D eigenvalue weighted by atomic mass is 16.8. The van der Waals surface area contributed by atoms with Crippen molar-refractivity contribution in [1.29, 1.82) is 0 Å². The third-order valence-corrected chi connectivity index (χ3v) is 22.2. The van der Waals surface area contributed by atoms with E-state index in [9.17, 15) is 71.5 Å². The molecule has 11 rings (SSSR count). The number of ether oxygens (including phenoxy) is 12. The van der Waals surface area contributed by atoms with Gasteiger partial charge in [0.1, 0.15) is 104 Å².